The summed E-state index contributed by atoms with van der Waals surface area (Å²) in [4.78, 5) is 11.8. The number of thioether (sulfide) groups is 1. The molecule has 0 spiro atoms. The van der Waals surface area contributed by atoms with E-state index in [4.69, 9.17) is 9.47 Å². The van der Waals surface area contributed by atoms with Crippen molar-refractivity contribution in [1.29, 1.82) is 0 Å². The van der Waals surface area contributed by atoms with Crippen molar-refractivity contribution in [3.63, 3.8) is 0 Å². The molecule has 0 aromatic heterocycles. The highest BCUT2D eigenvalue weighted by atomic mass is 32.2. The summed E-state index contributed by atoms with van der Waals surface area (Å²) in [6, 6.07) is 0. The van der Waals surface area contributed by atoms with Crippen molar-refractivity contribution in [3.05, 3.63) is 0 Å². The summed E-state index contributed by atoms with van der Waals surface area (Å²) in [6.45, 7) is 4.99. The number of hydrogen-bond donors (Lipinski definition) is 1. The molecule has 0 aliphatic carbocycles. The van der Waals surface area contributed by atoms with Gasteiger partial charge in [0.15, 0.2) is 0 Å². The van der Waals surface area contributed by atoms with Crippen LogP contribution in [0.5, 0.6) is 0 Å². The lowest BCUT2D eigenvalue weighted by atomic mass is 9.97. The number of nitrogens with one attached hydrogen (secondary N) is 1. The molecule has 5 heteroatoms. The van der Waals surface area contributed by atoms with Crippen LogP contribution in [0.3, 0.4) is 0 Å². The fourth-order valence-corrected chi connectivity index (χ4v) is 2.43. The Hall–Kier alpha value is -0.260. The Bertz CT molecular complexity index is 226. The van der Waals surface area contributed by atoms with Gasteiger partial charge in [0.05, 0.1) is 6.61 Å². The van der Waals surface area contributed by atoms with Gasteiger partial charge in [-0.05, 0) is 51.7 Å². The zero-order valence-electron chi connectivity index (χ0n) is 12.1. The van der Waals surface area contributed by atoms with E-state index in [1.165, 1.54) is 0 Å². The average molecular weight is 277 g/mol. The Morgan fingerprint density at radius 3 is 2.56 bits per heavy atom. The van der Waals surface area contributed by atoms with Gasteiger partial charge in [0.2, 0.25) is 0 Å². The standard InChI is InChI=1S/C13H27NO3S/c1-5-17-12(15)13(2,14-3)8-6-10-18-11-7-9-16-4/h14H,5-11H2,1-4H3. The maximum Gasteiger partial charge on any atom is 0.326 e. The lowest BCUT2D eigenvalue weighted by Crippen LogP contribution is -2.48. The number of hydrogen-bond acceptors (Lipinski definition) is 5. The van der Waals surface area contributed by atoms with E-state index in [0.29, 0.717) is 6.61 Å². The molecule has 0 aromatic carbocycles. The van der Waals surface area contributed by atoms with Gasteiger partial charge in [-0.3, -0.25) is 4.79 Å². The van der Waals surface area contributed by atoms with Crippen LogP contribution in [0.15, 0.2) is 0 Å². The van der Waals surface area contributed by atoms with E-state index in [1.807, 2.05) is 32.7 Å². The number of ether oxygens (including phenoxy) is 2. The van der Waals surface area contributed by atoms with Crippen molar-refractivity contribution in [3.8, 4) is 0 Å². The van der Waals surface area contributed by atoms with E-state index in [-0.39, 0.29) is 5.97 Å². The van der Waals surface area contributed by atoms with Crippen molar-refractivity contribution in [2.75, 3.05) is 38.9 Å². The molecule has 0 aliphatic rings. The molecule has 0 saturated carbocycles. The van der Waals surface area contributed by atoms with Crippen molar-refractivity contribution < 1.29 is 14.3 Å². The summed E-state index contributed by atoms with van der Waals surface area (Å²) in [6.07, 6.45) is 2.90. The molecule has 4 nitrogen and oxygen atoms in total. The normalized spacial score (nSPS) is 14.2. The molecule has 1 unspecified atom stereocenters. The predicted molar refractivity (Wildman–Crippen MR) is 77.1 cm³/mol. The minimum Gasteiger partial charge on any atom is -0.465 e. The highest BCUT2D eigenvalue weighted by molar-refractivity contribution is 7.99. The van der Waals surface area contributed by atoms with Crippen molar-refractivity contribution >= 4 is 17.7 Å². The van der Waals surface area contributed by atoms with Gasteiger partial charge in [0.25, 0.3) is 0 Å². The molecule has 0 aromatic rings. The number of likely N-dealkylation sites (N-methyl/N-ethyl adjacent to an activating group) is 1. The van der Waals surface area contributed by atoms with Gasteiger partial charge >= 0.3 is 5.97 Å². The zero-order valence-corrected chi connectivity index (χ0v) is 12.9. The lowest BCUT2D eigenvalue weighted by molar-refractivity contribution is -0.150. The minimum absolute atomic E-state index is 0.156. The van der Waals surface area contributed by atoms with Crippen molar-refractivity contribution in [2.24, 2.45) is 0 Å². The van der Waals surface area contributed by atoms with Crippen LogP contribution in [-0.4, -0.2) is 50.4 Å². The summed E-state index contributed by atoms with van der Waals surface area (Å²) < 4.78 is 10.1. The SMILES string of the molecule is CCOC(=O)C(C)(CCCSCCCOC)NC. The van der Waals surface area contributed by atoms with E-state index < -0.39 is 5.54 Å². The lowest BCUT2D eigenvalue weighted by Gasteiger charge is -2.26. The first kappa shape index (κ1) is 17.7. The molecule has 1 N–H and O–H groups in total. The summed E-state index contributed by atoms with van der Waals surface area (Å²) >= 11 is 1.91. The molecule has 0 amide bonds. The molecule has 0 fully saturated rings. The second-order valence-corrected chi connectivity index (χ2v) is 5.59. The monoisotopic (exact) mass is 277 g/mol. The van der Waals surface area contributed by atoms with Crippen LogP contribution in [0.1, 0.15) is 33.1 Å². The van der Waals surface area contributed by atoms with Crippen LogP contribution in [0, 0.1) is 0 Å². The molecular weight excluding hydrogens is 250 g/mol. The Labute approximate surface area is 115 Å². The smallest absolute Gasteiger partial charge is 0.326 e. The van der Waals surface area contributed by atoms with Gasteiger partial charge in [0.1, 0.15) is 5.54 Å². The Morgan fingerprint density at radius 2 is 2.00 bits per heavy atom. The second-order valence-electron chi connectivity index (χ2n) is 4.36. The molecule has 0 bridgehead atoms. The van der Waals surface area contributed by atoms with E-state index in [2.05, 4.69) is 5.32 Å². The number of esters is 1. The third-order valence-corrected chi connectivity index (χ3v) is 4.04. The molecule has 108 valence electrons. The molecule has 0 heterocycles. The highest BCUT2D eigenvalue weighted by Crippen LogP contribution is 2.17. The number of carbonyl (C=O) groups is 1. The maximum atomic E-state index is 11.8. The van der Waals surface area contributed by atoms with Crippen LogP contribution in [0.2, 0.25) is 0 Å². The van der Waals surface area contributed by atoms with Gasteiger partial charge in [-0.2, -0.15) is 11.8 Å². The highest BCUT2D eigenvalue weighted by Gasteiger charge is 2.32. The number of methoxy groups -OCH3 is 1. The third kappa shape index (κ3) is 7.24. The largest absolute Gasteiger partial charge is 0.465 e. The Morgan fingerprint density at radius 1 is 1.33 bits per heavy atom. The van der Waals surface area contributed by atoms with Crippen molar-refractivity contribution in [1.82, 2.24) is 5.32 Å². The molecular formula is C13H27NO3S. The van der Waals surface area contributed by atoms with E-state index in [9.17, 15) is 4.79 Å². The average Bonchev–Trinajstić information content (AvgIpc) is 2.37. The second kappa shape index (κ2) is 10.6. The van der Waals surface area contributed by atoms with Gasteiger partial charge in [-0.15, -0.1) is 0 Å². The Kier molecular flexibility index (Phi) is 10.5. The van der Waals surface area contributed by atoms with Gasteiger partial charge in [0, 0.05) is 13.7 Å². The Balaban J connectivity index is 3.76. The molecule has 0 aliphatic heterocycles. The van der Waals surface area contributed by atoms with Crippen LogP contribution in [0.4, 0.5) is 0 Å². The first-order chi connectivity index (χ1) is 8.60. The molecule has 0 saturated heterocycles. The number of rotatable bonds is 11. The van der Waals surface area contributed by atoms with Crippen LogP contribution in [0.25, 0.3) is 0 Å². The molecule has 0 radical (unpaired) electrons. The van der Waals surface area contributed by atoms with Gasteiger partial charge in [-0.1, -0.05) is 0 Å². The van der Waals surface area contributed by atoms with Crippen LogP contribution >= 0.6 is 11.8 Å². The van der Waals surface area contributed by atoms with Gasteiger partial charge < -0.3 is 14.8 Å². The zero-order chi connectivity index (χ0) is 13.9. The van der Waals surface area contributed by atoms with Crippen LogP contribution in [-0.2, 0) is 14.3 Å². The first-order valence-corrected chi connectivity index (χ1v) is 7.69. The molecule has 1 atom stereocenters. The minimum atomic E-state index is -0.552. The predicted octanol–water partition coefficient (Wildman–Crippen LogP) is 2.08. The van der Waals surface area contributed by atoms with Gasteiger partial charge in [-0.25, -0.2) is 0 Å². The maximum absolute atomic E-state index is 11.8. The quantitative estimate of drug-likeness (QED) is 0.463. The van der Waals surface area contributed by atoms with E-state index in [1.54, 1.807) is 7.11 Å². The fraction of sp³-hybridized carbons (Fsp3) is 0.923. The van der Waals surface area contributed by atoms with E-state index >= 15 is 0 Å². The van der Waals surface area contributed by atoms with Crippen LogP contribution < -0.4 is 5.32 Å². The van der Waals surface area contributed by atoms with Crippen molar-refractivity contribution in [2.45, 2.75) is 38.6 Å². The topological polar surface area (TPSA) is 47.6 Å². The molecule has 0 rings (SSSR count). The first-order valence-electron chi connectivity index (χ1n) is 6.53. The summed E-state index contributed by atoms with van der Waals surface area (Å²) in [5.41, 5.74) is -0.552. The molecule has 18 heavy (non-hydrogen) atoms. The number of carbonyl (C=O) groups excluding carboxylic acids is 1. The summed E-state index contributed by atoms with van der Waals surface area (Å²) in [5, 5.41) is 3.07. The van der Waals surface area contributed by atoms with E-state index in [0.717, 1.165) is 37.4 Å². The summed E-state index contributed by atoms with van der Waals surface area (Å²) in [7, 11) is 3.53. The summed E-state index contributed by atoms with van der Waals surface area (Å²) in [5.74, 6) is 2.03. The third-order valence-electron chi connectivity index (χ3n) is 2.88. The fourth-order valence-electron chi connectivity index (χ4n) is 1.55.